The van der Waals surface area contributed by atoms with E-state index in [2.05, 4.69) is 5.32 Å². The van der Waals surface area contributed by atoms with Crippen molar-refractivity contribution in [3.63, 3.8) is 0 Å². The van der Waals surface area contributed by atoms with Gasteiger partial charge in [0.2, 0.25) is 0 Å². The number of rotatable bonds is 4. The van der Waals surface area contributed by atoms with Crippen LogP contribution in [0.15, 0.2) is 0 Å². The third-order valence-corrected chi connectivity index (χ3v) is 3.35. The predicted molar refractivity (Wildman–Crippen MR) is 59.5 cm³/mol. The molecule has 2 atom stereocenters. The molecule has 1 unspecified atom stereocenters. The van der Waals surface area contributed by atoms with Crippen LogP contribution in [0.25, 0.3) is 0 Å². The first-order valence-corrected chi connectivity index (χ1v) is 6.03. The average molecular weight is 242 g/mol. The summed E-state index contributed by atoms with van der Waals surface area (Å²) in [6.45, 7) is 0.689. The summed E-state index contributed by atoms with van der Waals surface area (Å²) in [6.07, 6.45) is 2.81. The molecule has 0 radical (unpaired) electrons. The van der Waals surface area contributed by atoms with E-state index in [0.29, 0.717) is 6.54 Å². The number of aliphatic hydroxyl groups is 1. The van der Waals surface area contributed by atoms with E-state index in [4.69, 9.17) is 5.11 Å². The van der Waals surface area contributed by atoms with E-state index in [0.717, 1.165) is 12.3 Å². The lowest BCUT2D eigenvalue weighted by Crippen LogP contribution is -2.46. The Hall–Kier alpha value is -1.30. The molecule has 1 aliphatic carbocycles. The second-order valence-electron chi connectivity index (χ2n) is 4.86. The van der Waals surface area contributed by atoms with Gasteiger partial charge in [-0.25, -0.2) is 9.59 Å². The SMILES string of the molecule is O=C(O)[C@@H]1CC(O)CN1C(=O)NCCC1CC1. The van der Waals surface area contributed by atoms with Gasteiger partial charge in [-0.15, -0.1) is 0 Å². The minimum absolute atomic E-state index is 0.103. The van der Waals surface area contributed by atoms with E-state index >= 15 is 0 Å². The van der Waals surface area contributed by atoms with E-state index in [-0.39, 0.29) is 19.0 Å². The van der Waals surface area contributed by atoms with Gasteiger partial charge in [-0.3, -0.25) is 0 Å². The summed E-state index contributed by atoms with van der Waals surface area (Å²) in [5, 5.41) is 21.1. The Kier molecular flexibility index (Phi) is 3.51. The number of carbonyl (C=O) groups excluding carboxylic acids is 1. The minimum atomic E-state index is -1.06. The van der Waals surface area contributed by atoms with Crippen LogP contribution in [0, 0.1) is 5.92 Å². The highest BCUT2D eigenvalue weighted by Crippen LogP contribution is 2.31. The van der Waals surface area contributed by atoms with Gasteiger partial charge in [-0.2, -0.15) is 0 Å². The van der Waals surface area contributed by atoms with Crippen LogP contribution >= 0.6 is 0 Å². The van der Waals surface area contributed by atoms with Crippen LogP contribution in [-0.2, 0) is 4.79 Å². The largest absolute Gasteiger partial charge is 0.480 e. The van der Waals surface area contributed by atoms with Crippen molar-refractivity contribution in [2.24, 2.45) is 5.92 Å². The van der Waals surface area contributed by atoms with Crippen molar-refractivity contribution < 1.29 is 19.8 Å². The summed E-state index contributed by atoms with van der Waals surface area (Å²) >= 11 is 0. The van der Waals surface area contributed by atoms with E-state index in [1.807, 2.05) is 0 Å². The number of hydrogen-bond acceptors (Lipinski definition) is 3. The molecule has 2 rings (SSSR count). The molecule has 0 aromatic carbocycles. The Labute approximate surface area is 99.6 Å². The van der Waals surface area contributed by atoms with Crippen LogP contribution in [-0.4, -0.2) is 52.3 Å². The first kappa shape index (κ1) is 12.2. The van der Waals surface area contributed by atoms with Gasteiger partial charge in [0.1, 0.15) is 6.04 Å². The zero-order valence-electron chi connectivity index (χ0n) is 9.63. The van der Waals surface area contributed by atoms with Gasteiger partial charge in [-0.1, -0.05) is 12.8 Å². The summed E-state index contributed by atoms with van der Waals surface area (Å²) in [4.78, 5) is 23.9. The highest BCUT2D eigenvalue weighted by molar-refractivity contribution is 5.83. The van der Waals surface area contributed by atoms with Gasteiger partial charge in [0, 0.05) is 19.5 Å². The normalized spacial score (nSPS) is 28.2. The van der Waals surface area contributed by atoms with Crippen molar-refractivity contribution in [2.75, 3.05) is 13.1 Å². The van der Waals surface area contributed by atoms with Crippen molar-refractivity contribution in [3.05, 3.63) is 0 Å². The second-order valence-corrected chi connectivity index (χ2v) is 4.86. The van der Waals surface area contributed by atoms with Crippen molar-refractivity contribution >= 4 is 12.0 Å². The zero-order valence-corrected chi connectivity index (χ0v) is 9.63. The summed E-state index contributed by atoms with van der Waals surface area (Å²) in [6, 6.07) is -1.28. The lowest BCUT2D eigenvalue weighted by atomic mass is 10.2. The number of nitrogens with one attached hydrogen (secondary N) is 1. The first-order valence-electron chi connectivity index (χ1n) is 6.03. The number of carboxylic acids is 1. The fourth-order valence-corrected chi connectivity index (χ4v) is 2.16. The monoisotopic (exact) mass is 242 g/mol. The molecule has 3 N–H and O–H groups in total. The molecular weight excluding hydrogens is 224 g/mol. The molecule has 1 saturated carbocycles. The summed E-state index contributed by atoms with van der Waals surface area (Å²) in [5.74, 6) is -0.325. The Bertz CT molecular complexity index is 317. The number of nitrogens with zero attached hydrogens (tertiary/aromatic N) is 1. The lowest BCUT2D eigenvalue weighted by Gasteiger charge is -2.21. The molecule has 6 nitrogen and oxygen atoms in total. The number of aliphatic hydroxyl groups excluding tert-OH is 1. The van der Waals surface area contributed by atoms with E-state index in [1.54, 1.807) is 0 Å². The van der Waals surface area contributed by atoms with Gasteiger partial charge < -0.3 is 20.4 Å². The molecule has 1 heterocycles. The highest BCUT2D eigenvalue weighted by Gasteiger charge is 2.38. The third-order valence-electron chi connectivity index (χ3n) is 3.35. The molecule has 0 spiro atoms. The maximum absolute atomic E-state index is 11.7. The number of amides is 2. The Balaban J connectivity index is 1.81. The highest BCUT2D eigenvalue weighted by atomic mass is 16.4. The molecule has 0 aromatic heterocycles. The number of β-amino-alcohol motifs (C(OH)–C–C–N with tert-alkyl or cyclic N) is 1. The molecule has 6 heteroatoms. The molecule has 17 heavy (non-hydrogen) atoms. The standard InChI is InChI=1S/C11H18N2O4/c14-8-5-9(10(15)16)13(6-8)11(17)12-4-3-7-1-2-7/h7-9,14H,1-6H2,(H,12,17)(H,15,16)/t8?,9-/m0/s1. The number of hydrogen-bond donors (Lipinski definition) is 3. The number of urea groups is 1. The fraction of sp³-hybridized carbons (Fsp3) is 0.818. The summed E-state index contributed by atoms with van der Waals surface area (Å²) in [5.41, 5.74) is 0. The Morgan fingerprint density at radius 1 is 1.35 bits per heavy atom. The smallest absolute Gasteiger partial charge is 0.326 e. The summed E-state index contributed by atoms with van der Waals surface area (Å²) in [7, 11) is 0. The molecule has 96 valence electrons. The molecule has 1 aliphatic heterocycles. The number of likely N-dealkylation sites (tertiary alicyclic amines) is 1. The van der Waals surface area contributed by atoms with Gasteiger partial charge in [-0.05, 0) is 12.3 Å². The topological polar surface area (TPSA) is 89.9 Å². The van der Waals surface area contributed by atoms with Crippen molar-refractivity contribution in [2.45, 2.75) is 37.8 Å². The van der Waals surface area contributed by atoms with Gasteiger partial charge >= 0.3 is 12.0 Å². The molecule has 2 aliphatic rings. The molecule has 0 aromatic rings. The van der Waals surface area contributed by atoms with Crippen molar-refractivity contribution in [1.82, 2.24) is 10.2 Å². The Morgan fingerprint density at radius 2 is 2.06 bits per heavy atom. The molecule has 2 amide bonds. The van der Waals surface area contributed by atoms with Gasteiger partial charge in [0.05, 0.1) is 6.10 Å². The maximum Gasteiger partial charge on any atom is 0.326 e. The van der Waals surface area contributed by atoms with Crippen LogP contribution in [0.2, 0.25) is 0 Å². The van der Waals surface area contributed by atoms with Crippen molar-refractivity contribution in [1.29, 1.82) is 0 Å². The predicted octanol–water partition coefficient (Wildman–Crippen LogP) is 0.0159. The Morgan fingerprint density at radius 3 is 2.65 bits per heavy atom. The second kappa shape index (κ2) is 4.91. The molecule has 2 fully saturated rings. The van der Waals surface area contributed by atoms with Gasteiger partial charge in [0.15, 0.2) is 0 Å². The van der Waals surface area contributed by atoms with E-state index in [9.17, 15) is 14.7 Å². The van der Waals surface area contributed by atoms with E-state index < -0.39 is 18.1 Å². The van der Waals surface area contributed by atoms with E-state index in [1.165, 1.54) is 17.7 Å². The van der Waals surface area contributed by atoms with Gasteiger partial charge in [0.25, 0.3) is 0 Å². The van der Waals surface area contributed by atoms with Crippen LogP contribution in [0.4, 0.5) is 4.79 Å². The number of carboxylic acid groups (broad SMARTS) is 1. The third kappa shape index (κ3) is 3.09. The minimum Gasteiger partial charge on any atom is -0.480 e. The zero-order chi connectivity index (χ0) is 12.4. The lowest BCUT2D eigenvalue weighted by molar-refractivity contribution is -0.141. The first-order chi connectivity index (χ1) is 8.08. The fourth-order valence-electron chi connectivity index (χ4n) is 2.16. The molecule has 0 bridgehead atoms. The van der Waals surface area contributed by atoms with Crippen molar-refractivity contribution in [3.8, 4) is 0 Å². The summed E-state index contributed by atoms with van der Waals surface area (Å²) < 4.78 is 0. The quantitative estimate of drug-likeness (QED) is 0.648. The van der Waals surface area contributed by atoms with Crippen LogP contribution in [0.3, 0.4) is 0 Å². The number of aliphatic carboxylic acids is 1. The van der Waals surface area contributed by atoms with Crippen LogP contribution < -0.4 is 5.32 Å². The maximum atomic E-state index is 11.7. The van der Waals surface area contributed by atoms with Crippen LogP contribution in [0.5, 0.6) is 0 Å². The number of carbonyl (C=O) groups is 2. The average Bonchev–Trinajstić information content (AvgIpc) is 2.99. The molecule has 1 saturated heterocycles. The molecular formula is C11H18N2O4. The van der Waals surface area contributed by atoms with Crippen LogP contribution in [0.1, 0.15) is 25.7 Å².